The molecule has 1 aliphatic carbocycles. The fourth-order valence-electron chi connectivity index (χ4n) is 4.97. The van der Waals surface area contributed by atoms with Crippen molar-refractivity contribution in [3.8, 4) is 11.8 Å². The van der Waals surface area contributed by atoms with E-state index in [2.05, 4.69) is 26.5 Å². The third-order valence-electron chi connectivity index (χ3n) is 6.64. The number of hydrogen-bond acceptors (Lipinski definition) is 7. The zero-order valence-corrected chi connectivity index (χ0v) is 18.6. The molecule has 2 fully saturated rings. The molecule has 2 heterocycles. The van der Waals surface area contributed by atoms with Gasteiger partial charge >= 0.3 is 0 Å². The Morgan fingerprint density at radius 1 is 1.25 bits per heavy atom. The fourth-order valence-corrected chi connectivity index (χ4v) is 5.25. The summed E-state index contributed by atoms with van der Waals surface area (Å²) in [7, 11) is 1.59. The van der Waals surface area contributed by atoms with Crippen molar-refractivity contribution in [2.45, 2.75) is 31.9 Å². The van der Waals surface area contributed by atoms with Crippen LogP contribution in [0.3, 0.4) is 0 Å². The average Bonchev–Trinajstić information content (AvgIpc) is 3.22. The molecule has 0 bridgehead atoms. The third-order valence-corrected chi connectivity index (χ3v) is 6.94. The van der Waals surface area contributed by atoms with E-state index in [1.807, 2.05) is 36.4 Å². The van der Waals surface area contributed by atoms with Crippen molar-refractivity contribution in [3.05, 3.63) is 52.5 Å². The molecule has 1 saturated heterocycles. The number of nitriles is 1. The second-order valence-corrected chi connectivity index (χ2v) is 9.21. The number of nitrogens with one attached hydrogen (secondary N) is 1. The fraction of sp³-hybridized carbons (Fsp3) is 0.375. The number of methoxy groups -OCH3 is 1. The van der Waals surface area contributed by atoms with E-state index in [1.165, 1.54) is 0 Å². The predicted molar refractivity (Wildman–Crippen MR) is 124 cm³/mol. The van der Waals surface area contributed by atoms with E-state index in [0.717, 1.165) is 54.5 Å². The Morgan fingerprint density at radius 2 is 2.09 bits per heavy atom. The van der Waals surface area contributed by atoms with Gasteiger partial charge in [0.1, 0.15) is 5.75 Å². The molecule has 3 aromatic rings. The number of halogens is 1. The lowest BCUT2D eigenvalue weighted by molar-refractivity contribution is -0.0179. The maximum Gasteiger partial charge on any atom is 0.159 e. The highest BCUT2D eigenvalue weighted by atomic mass is 35.5. The molecule has 1 aliphatic heterocycles. The highest BCUT2D eigenvalue weighted by Gasteiger charge is 2.48. The molecule has 1 aromatic heterocycles. The summed E-state index contributed by atoms with van der Waals surface area (Å²) in [5.41, 5.74) is 1.76. The molecule has 0 atom stereocenters. The molecule has 2 aromatic carbocycles. The van der Waals surface area contributed by atoms with Crippen LogP contribution in [-0.4, -0.2) is 41.6 Å². The monoisotopic (exact) mass is 449 g/mol. The lowest BCUT2D eigenvalue weighted by Gasteiger charge is -2.42. The Labute approximate surface area is 191 Å². The second-order valence-electron chi connectivity index (χ2n) is 8.80. The molecule has 0 unspecified atom stereocenters. The molecule has 5 rings (SSSR count). The smallest absolute Gasteiger partial charge is 0.159 e. The van der Waals surface area contributed by atoms with Crippen LogP contribution < -0.4 is 15.0 Å². The quantitative estimate of drug-likeness (QED) is 0.604. The Hall–Kier alpha value is -3.08. The molecule has 0 amide bonds. The van der Waals surface area contributed by atoms with E-state index in [-0.39, 0.29) is 11.5 Å². The van der Waals surface area contributed by atoms with Crippen molar-refractivity contribution in [2.24, 2.45) is 5.41 Å². The molecular formula is C24H24ClN5O2. The maximum absolute atomic E-state index is 9.80. The van der Waals surface area contributed by atoms with Crippen LogP contribution in [0.1, 0.15) is 30.4 Å². The van der Waals surface area contributed by atoms with Gasteiger partial charge in [-0.05, 0) is 60.6 Å². The third kappa shape index (κ3) is 3.70. The Kier molecular flexibility index (Phi) is 5.28. The molecule has 2 aliphatic rings. The normalized spacial score (nSPS) is 22.1. The average molecular weight is 450 g/mol. The summed E-state index contributed by atoms with van der Waals surface area (Å²) in [4.78, 5) is 2.26. The van der Waals surface area contributed by atoms with E-state index in [9.17, 15) is 10.4 Å². The summed E-state index contributed by atoms with van der Waals surface area (Å²) in [6.45, 7) is 2.28. The first kappa shape index (κ1) is 20.8. The van der Waals surface area contributed by atoms with Crippen molar-refractivity contribution in [3.63, 3.8) is 0 Å². The summed E-state index contributed by atoms with van der Waals surface area (Å²) >= 11 is 6.25. The van der Waals surface area contributed by atoms with Crippen LogP contribution in [-0.2, 0) is 6.54 Å². The summed E-state index contributed by atoms with van der Waals surface area (Å²) in [5, 5.41) is 34.0. The second kappa shape index (κ2) is 8.12. The molecule has 7 nitrogen and oxygen atoms in total. The van der Waals surface area contributed by atoms with Gasteiger partial charge in [0.05, 0.1) is 29.9 Å². The highest BCUT2D eigenvalue weighted by molar-refractivity contribution is 6.32. The summed E-state index contributed by atoms with van der Waals surface area (Å²) in [6.07, 6.45) is 2.60. The number of anilines is 2. The standard InChI is InChI=1S/C24H24ClN5O2/c1-32-21-5-3-16(9-20(21)25)13-27-22-19-8-15(12-26)2-4-18(19)23(29-28-22)30-7-6-24(14-30)10-17(31)11-24/h2-5,8-9,17,31H,6-7,10-11,13-14H2,1H3,(H,27,28). The van der Waals surface area contributed by atoms with E-state index >= 15 is 0 Å². The Bertz CT molecular complexity index is 1220. The SMILES string of the molecule is COc1ccc(CNc2nnc(N3CCC4(CC(O)C4)C3)c3ccc(C#N)cc23)cc1Cl. The van der Waals surface area contributed by atoms with Crippen molar-refractivity contribution >= 4 is 34.0 Å². The van der Waals surface area contributed by atoms with E-state index < -0.39 is 0 Å². The van der Waals surface area contributed by atoms with Gasteiger partial charge in [0.2, 0.25) is 0 Å². The zero-order chi connectivity index (χ0) is 22.3. The van der Waals surface area contributed by atoms with Crippen molar-refractivity contribution < 1.29 is 9.84 Å². The molecule has 164 valence electrons. The van der Waals surface area contributed by atoms with Crippen LogP contribution >= 0.6 is 11.6 Å². The van der Waals surface area contributed by atoms with Crippen LogP contribution in [0.25, 0.3) is 10.8 Å². The van der Waals surface area contributed by atoms with Gasteiger partial charge in [-0.15, -0.1) is 10.2 Å². The van der Waals surface area contributed by atoms with Crippen molar-refractivity contribution in [1.29, 1.82) is 5.26 Å². The van der Waals surface area contributed by atoms with Crippen molar-refractivity contribution in [1.82, 2.24) is 10.2 Å². The zero-order valence-electron chi connectivity index (χ0n) is 17.8. The molecule has 1 spiro atoms. The number of nitrogens with zero attached hydrogens (tertiary/aromatic N) is 4. The first-order valence-corrected chi connectivity index (χ1v) is 11.1. The molecule has 0 radical (unpaired) electrons. The van der Waals surface area contributed by atoms with Gasteiger partial charge in [0.15, 0.2) is 11.6 Å². The number of aliphatic hydroxyl groups excluding tert-OH is 1. The number of ether oxygens (including phenoxy) is 1. The van der Waals surface area contributed by atoms with Crippen molar-refractivity contribution in [2.75, 3.05) is 30.4 Å². The minimum Gasteiger partial charge on any atom is -0.495 e. The number of hydrogen-bond donors (Lipinski definition) is 2. The molecule has 32 heavy (non-hydrogen) atoms. The number of fused-ring (bicyclic) bond motifs is 1. The summed E-state index contributed by atoms with van der Waals surface area (Å²) in [5.74, 6) is 2.09. The van der Waals surface area contributed by atoms with Crippen LogP contribution in [0.4, 0.5) is 11.6 Å². The summed E-state index contributed by atoms with van der Waals surface area (Å²) in [6, 6.07) is 13.5. The van der Waals surface area contributed by atoms with Crippen LogP contribution in [0, 0.1) is 16.7 Å². The number of rotatable bonds is 5. The van der Waals surface area contributed by atoms with Gasteiger partial charge in [-0.2, -0.15) is 5.26 Å². The Balaban J connectivity index is 1.44. The molecular weight excluding hydrogens is 426 g/mol. The van der Waals surface area contributed by atoms with Crippen LogP contribution in [0.2, 0.25) is 5.02 Å². The predicted octanol–water partition coefficient (Wildman–Crippen LogP) is 4.13. The van der Waals surface area contributed by atoms with E-state index in [0.29, 0.717) is 28.7 Å². The molecule has 2 N–H and O–H groups in total. The number of benzene rings is 2. The van der Waals surface area contributed by atoms with Gasteiger partial charge in [-0.25, -0.2) is 0 Å². The maximum atomic E-state index is 9.80. The first-order valence-electron chi connectivity index (χ1n) is 10.7. The lowest BCUT2D eigenvalue weighted by Crippen LogP contribution is -2.43. The summed E-state index contributed by atoms with van der Waals surface area (Å²) < 4.78 is 5.22. The topological polar surface area (TPSA) is 94.3 Å². The Morgan fingerprint density at radius 3 is 2.81 bits per heavy atom. The van der Waals surface area contributed by atoms with Gasteiger partial charge in [0, 0.05) is 30.4 Å². The molecule has 1 saturated carbocycles. The van der Waals surface area contributed by atoms with Gasteiger partial charge in [-0.1, -0.05) is 17.7 Å². The lowest BCUT2D eigenvalue weighted by atomic mass is 9.66. The number of aromatic nitrogens is 2. The van der Waals surface area contributed by atoms with Gasteiger partial charge in [-0.3, -0.25) is 0 Å². The highest BCUT2D eigenvalue weighted by Crippen LogP contribution is 2.49. The van der Waals surface area contributed by atoms with E-state index in [1.54, 1.807) is 7.11 Å². The van der Waals surface area contributed by atoms with Gasteiger partial charge in [0.25, 0.3) is 0 Å². The van der Waals surface area contributed by atoms with E-state index in [4.69, 9.17) is 16.3 Å². The molecule has 8 heteroatoms. The van der Waals surface area contributed by atoms with Gasteiger partial charge < -0.3 is 20.1 Å². The van der Waals surface area contributed by atoms with Crippen LogP contribution in [0.15, 0.2) is 36.4 Å². The first-order chi connectivity index (χ1) is 15.5. The largest absolute Gasteiger partial charge is 0.495 e. The van der Waals surface area contributed by atoms with Crippen LogP contribution in [0.5, 0.6) is 5.75 Å². The minimum absolute atomic E-state index is 0.172. The number of aliphatic hydroxyl groups is 1. The minimum atomic E-state index is -0.172.